The molecule has 0 atom stereocenters. The minimum atomic E-state index is 0.931. The van der Waals surface area contributed by atoms with Gasteiger partial charge in [0.1, 0.15) is 0 Å². The third-order valence-corrected chi connectivity index (χ3v) is 3.04. The van der Waals surface area contributed by atoms with Gasteiger partial charge in [-0.2, -0.15) is 0 Å². The molecule has 0 nitrogen and oxygen atoms in total. The highest BCUT2D eigenvalue weighted by atomic mass is 13.9. The van der Waals surface area contributed by atoms with Crippen molar-refractivity contribution < 1.29 is 0 Å². The van der Waals surface area contributed by atoms with Gasteiger partial charge in [0.25, 0.3) is 0 Å². The van der Waals surface area contributed by atoms with Crippen molar-refractivity contribution >= 4 is 0 Å². The largest absolute Gasteiger partial charge is 0.103 e. The molecule has 0 aliphatic rings. The Balaban J connectivity index is 3.18. The molecule has 0 heterocycles. The van der Waals surface area contributed by atoms with Crippen LogP contribution in [0.15, 0.2) is 12.2 Å². The first kappa shape index (κ1) is 17.3. The molecule has 0 heteroatoms. The molecule has 0 aromatic carbocycles. The zero-order valence-corrected chi connectivity index (χ0v) is 12.3. The Labute approximate surface area is 115 Å². The van der Waals surface area contributed by atoms with Gasteiger partial charge in [0.05, 0.1) is 0 Å². The van der Waals surface area contributed by atoms with Crippen LogP contribution in [-0.4, -0.2) is 0 Å². The molecule has 0 aromatic rings. The standard InChI is InChI=1S/C18H31/c1-3-5-7-9-11-13-15-17-18-16-14-12-10-8-6-4-2/h11,13H,1,3-10,12,14-16H2,2H3. The molecule has 0 amide bonds. The lowest BCUT2D eigenvalue weighted by atomic mass is 10.1. The monoisotopic (exact) mass is 247 g/mol. The van der Waals surface area contributed by atoms with Crippen LogP contribution in [-0.2, 0) is 0 Å². The summed E-state index contributed by atoms with van der Waals surface area (Å²) in [4.78, 5) is 0. The Morgan fingerprint density at radius 3 is 2.39 bits per heavy atom. The Bertz CT molecular complexity index is 226. The highest BCUT2D eigenvalue weighted by molar-refractivity contribution is 5.04. The van der Waals surface area contributed by atoms with Gasteiger partial charge >= 0.3 is 0 Å². The molecule has 0 aliphatic carbocycles. The van der Waals surface area contributed by atoms with Crippen LogP contribution in [0.1, 0.15) is 84.0 Å². The molecule has 0 fully saturated rings. The number of rotatable bonds is 11. The average Bonchev–Trinajstić information content (AvgIpc) is 2.39. The summed E-state index contributed by atoms with van der Waals surface area (Å²) in [7, 11) is 0. The van der Waals surface area contributed by atoms with E-state index in [4.69, 9.17) is 0 Å². The van der Waals surface area contributed by atoms with Crippen molar-refractivity contribution in [2.45, 2.75) is 84.0 Å². The van der Waals surface area contributed by atoms with Crippen molar-refractivity contribution in [3.05, 3.63) is 19.1 Å². The fourth-order valence-corrected chi connectivity index (χ4v) is 1.85. The number of hydrogen-bond acceptors (Lipinski definition) is 0. The van der Waals surface area contributed by atoms with E-state index in [1.165, 1.54) is 57.8 Å². The lowest BCUT2D eigenvalue weighted by molar-refractivity contribution is 0.614. The maximum atomic E-state index is 3.84. The van der Waals surface area contributed by atoms with Crippen molar-refractivity contribution in [2.75, 3.05) is 0 Å². The Kier molecular flexibility index (Phi) is 15.7. The molecule has 103 valence electrons. The summed E-state index contributed by atoms with van der Waals surface area (Å²) in [6.07, 6.45) is 19.4. The molecule has 0 N–H and O–H groups in total. The van der Waals surface area contributed by atoms with E-state index in [0.29, 0.717) is 0 Å². The minimum absolute atomic E-state index is 0.931. The van der Waals surface area contributed by atoms with Crippen molar-refractivity contribution in [3.8, 4) is 11.8 Å². The second kappa shape index (κ2) is 16.3. The second-order valence-electron chi connectivity index (χ2n) is 4.90. The quantitative estimate of drug-likeness (QED) is 0.236. The zero-order chi connectivity index (χ0) is 13.3. The Morgan fingerprint density at radius 2 is 1.61 bits per heavy atom. The molecular weight excluding hydrogens is 216 g/mol. The van der Waals surface area contributed by atoms with E-state index in [-0.39, 0.29) is 0 Å². The zero-order valence-electron chi connectivity index (χ0n) is 12.3. The van der Waals surface area contributed by atoms with E-state index in [0.717, 1.165) is 19.3 Å². The molecule has 0 saturated heterocycles. The lowest BCUT2D eigenvalue weighted by Crippen LogP contribution is -1.77. The SMILES string of the molecule is [CH2]CCCCC=CCC#CCCCCCCCC. The molecule has 0 aliphatic heterocycles. The fourth-order valence-electron chi connectivity index (χ4n) is 1.85. The summed E-state index contributed by atoms with van der Waals surface area (Å²) in [6.45, 7) is 6.10. The molecule has 0 unspecified atom stereocenters. The van der Waals surface area contributed by atoms with Gasteiger partial charge in [-0.25, -0.2) is 0 Å². The van der Waals surface area contributed by atoms with Crippen LogP contribution in [0.25, 0.3) is 0 Å². The van der Waals surface area contributed by atoms with E-state index >= 15 is 0 Å². The summed E-state index contributed by atoms with van der Waals surface area (Å²) in [5, 5.41) is 0. The molecule has 0 spiro atoms. The first-order chi connectivity index (χ1) is 8.91. The van der Waals surface area contributed by atoms with Gasteiger partial charge in [-0.1, -0.05) is 76.9 Å². The third-order valence-electron chi connectivity index (χ3n) is 3.04. The van der Waals surface area contributed by atoms with Crippen LogP contribution >= 0.6 is 0 Å². The van der Waals surface area contributed by atoms with Gasteiger partial charge in [0, 0.05) is 12.8 Å². The van der Waals surface area contributed by atoms with Crippen molar-refractivity contribution in [2.24, 2.45) is 0 Å². The molecule has 0 bridgehead atoms. The van der Waals surface area contributed by atoms with Crippen LogP contribution in [0.2, 0.25) is 0 Å². The first-order valence-electron chi connectivity index (χ1n) is 7.81. The summed E-state index contributed by atoms with van der Waals surface area (Å²) in [6, 6.07) is 0. The molecule has 18 heavy (non-hydrogen) atoms. The van der Waals surface area contributed by atoms with Crippen molar-refractivity contribution in [1.82, 2.24) is 0 Å². The summed E-state index contributed by atoms with van der Waals surface area (Å²) in [5.74, 6) is 6.50. The summed E-state index contributed by atoms with van der Waals surface area (Å²) >= 11 is 0. The predicted molar refractivity (Wildman–Crippen MR) is 83.4 cm³/mol. The second-order valence-corrected chi connectivity index (χ2v) is 4.90. The highest BCUT2D eigenvalue weighted by Gasteiger charge is 1.87. The molecule has 0 rings (SSSR count). The van der Waals surface area contributed by atoms with Crippen LogP contribution < -0.4 is 0 Å². The smallest absolute Gasteiger partial charge is 0.0269 e. The van der Waals surface area contributed by atoms with Gasteiger partial charge in [-0.3, -0.25) is 0 Å². The summed E-state index contributed by atoms with van der Waals surface area (Å²) < 4.78 is 0. The van der Waals surface area contributed by atoms with Crippen molar-refractivity contribution in [1.29, 1.82) is 0 Å². The predicted octanol–water partition coefficient (Wildman–Crippen LogP) is 6.08. The number of hydrogen-bond donors (Lipinski definition) is 0. The fraction of sp³-hybridized carbons (Fsp3) is 0.722. The number of allylic oxidation sites excluding steroid dienone is 2. The molecule has 0 aromatic heterocycles. The normalized spacial score (nSPS) is 10.6. The van der Waals surface area contributed by atoms with Gasteiger partial charge in [0.15, 0.2) is 0 Å². The van der Waals surface area contributed by atoms with Crippen molar-refractivity contribution in [3.63, 3.8) is 0 Å². The lowest BCUT2D eigenvalue weighted by Gasteiger charge is -1.96. The Morgan fingerprint density at radius 1 is 0.833 bits per heavy atom. The van der Waals surface area contributed by atoms with Crippen LogP contribution in [0.3, 0.4) is 0 Å². The average molecular weight is 247 g/mol. The highest BCUT2D eigenvalue weighted by Crippen LogP contribution is 2.06. The molecular formula is C18H31. The summed E-state index contributed by atoms with van der Waals surface area (Å²) in [5.41, 5.74) is 0. The van der Waals surface area contributed by atoms with Crippen LogP contribution in [0.5, 0.6) is 0 Å². The molecule has 1 radical (unpaired) electrons. The Hall–Kier alpha value is -0.700. The number of unbranched alkanes of at least 4 members (excludes halogenated alkanes) is 9. The van der Waals surface area contributed by atoms with E-state index in [9.17, 15) is 0 Å². The third kappa shape index (κ3) is 15.3. The van der Waals surface area contributed by atoms with Gasteiger partial charge < -0.3 is 0 Å². The topological polar surface area (TPSA) is 0 Å². The minimum Gasteiger partial charge on any atom is -0.103 e. The maximum absolute atomic E-state index is 3.84. The first-order valence-corrected chi connectivity index (χ1v) is 7.81. The van der Waals surface area contributed by atoms with Crippen LogP contribution in [0, 0.1) is 18.8 Å². The van der Waals surface area contributed by atoms with E-state index in [1.807, 2.05) is 0 Å². The molecule has 0 saturated carbocycles. The maximum Gasteiger partial charge on any atom is 0.0269 e. The van der Waals surface area contributed by atoms with Crippen LogP contribution in [0.4, 0.5) is 0 Å². The van der Waals surface area contributed by atoms with Gasteiger partial charge in [-0.15, -0.1) is 5.92 Å². The van der Waals surface area contributed by atoms with Gasteiger partial charge in [0.2, 0.25) is 0 Å². The van der Waals surface area contributed by atoms with E-state index in [2.05, 4.69) is 37.8 Å². The van der Waals surface area contributed by atoms with E-state index < -0.39 is 0 Å². The van der Waals surface area contributed by atoms with E-state index in [1.54, 1.807) is 0 Å². The van der Waals surface area contributed by atoms with Gasteiger partial charge in [-0.05, 0) is 19.3 Å².